The molecular formula is C16H29N3O2. The van der Waals surface area contributed by atoms with Gasteiger partial charge >= 0.3 is 0 Å². The van der Waals surface area contributed by atoms with Gasteiger partial charge in [0.1, 0.15) is 11.6 Å². The van der Waals surface area contributed by atoms with Crippen molar-refractivity contribution in [2.45, 2.75) is 51.6 Å². The van der Waals surface area contributed by atoms with Crippen LogP contribution in [0.15, 0.2) is 0 Å². The molecule has 1 aliphatic carbocycles. The molecule has 1 saturated carbocycles. The summed E-state index contributed by atoms with van der Waals surface area (Å²) in [5.41, 5.74) is -0.680. The fraction of sp³-hybridized carbons (Fsp3) is 0.875. The van der Waals surface area contributed by atoms with Gasteiger partial charge in [0.05, 0.1) is 0 Å². The molecule has 2 amide bonds. The Labute approximate surface area is 128 Å². The summed E-state index contributed by atoms with van der Waals surface area (Å²) < 4.78 is 0. The summed E-state index contributed by atoms with van der Waals surface area (Å²) in [6, 6.07) is -0.327. The van der Waals surface area contributed by atoms with E-state index < -0.39 is 5.54 Å². The maximum absolute atomic E-state index is 13.0. The van der Waals surface area contributed by atoms with E-state index >= 15 is 0 Å². The highest BCUT2D eigenvalue weighted by Gasteiger charge is 2.55. The predicted octanol–water partition coefficient (Wildman–Crippen LogP) is 1.09. The highest BCUT2D eigenvalue weighted by atomic mass is 16.2. The molecule has 1 aliphatic heterocycles. The van der Waals surface area contributed by atoms with Crippen LogP contribution in [0.25, 0.3) is 0 Å². The van der Waals surface area contributed by atoms with Crippen LogP contribution in [0.2, 0.25) is 0 Å². The third-order valence-corrected chi connectivity index (χ3v) is 4.72. The van der Waals surface area contributed by atoms with E-state index in [4.69, 9.17) is 0 Å². The van der Waals surface area contributed by atoms with Gasteiger partial charge in [-0.2, -0.15) is 0 Å². The minimum atomic E-state index is -0.680. The molecule has 5 nitrogen and oxygen atoms in total. The van der Waals surface area contributed by atoms with Gasteiger partial charge in [0.15, 0.2) is 0 Å². The lowest BCUT2D eigenvalue weighted by atomic mass is 9.86. The molecular weight excluding hydrogens is 266 g/mol. The topological polar surface area (TPSA) is 52.7 Å². The number of amides is 2. The van der Waals surface area contributed by atoms with Crippen molar-refractivity contribution in [2.24, 2.45) is 11.8 Å². The zero-order chi connectivity index (χ0) is 15.8. The predicted molar refractivity (Wildman–Crippen MR) is 82.8 cm³/mol. The summed E-state index contributed by atoms with van der Waals surface area (Å²) in [6.07, 6.45) is 2.98. The van der Waals surface area contributed by atoms with Crippen LogP contribution in [-0.4, -0.2) is 60.4 Å². The summed E-state index contributed by atoms with van der Waals surface area (Å²) >= 11 is 0. The van der Waals surface area contributed by atoms with E-state index in [0.29, 0.717) is 12.5 Å². The van der Waals surface area contributed by atoms with Crippen molar-refractivity contribution in [3.05, 3.63) is 0 Å². The van der Waals surface area contributed by atoms with Crippen LogP contribution < -0.4 is 5.32 Å². The zero-order valence-electron chi connectivity index (χ0n) is 14.0. The second kappa shape index (κ2) is 5.95. The Hall–Kier alpha value is -1.10. The summed E-state index contributed by atoms with van der Waals surface area (Å²) in [7, 11) is 4.05. The second-order valence-corrected chi connectivity index (χ2v) is 7.31. The van der Waals surface area contributed by atoms with Gasteiger partial charge in [-0.25, -0.2) is 0 Å². The van der Waals surface area contributed by atoms with Gasteiger partial charge in [-0.05, 0) is 58.7 Å². The molecule has 21 heavy (non-hydrogen) atoms. The minimum absolute atomic E-state index is 0.0175. The van der Waals surface area contributed by atoms with Gasteiger partial charge in [-0.1, -0.05) is 13.8 Å². The van der Waals surface area contributed by atoms with Gasteiger partial charge in [-0.3, -0.25) is 9.59 Å². The third-order valence-electron chi connectivity index (χ3n) is 4.72. The molecule has 0 spiro atoms. The second-order valence-electron chi connectivity index (χ2n) is 7.31. The fourth-order valence-corrected chi connectivity index (χ4v) is 3.35. The van der Waals surface area contributed by atoms with Crippen LogP contribution in [0.4, 0.5) is 0 Å². The van der Waals surface area contributed by atoms with Crippen LogP contribution in [0.1, 0.15) is 40.0 Å². The maximum Gasteiger partial charge on any atom is 0.249 e. The van der Waals surface area contributed by atoms with E-state index in [-0.39, 0.29) is 23.8 Å². The van der Waals surface area contributed by atoms with E-state index in [1.807, 2.05) is 39.8 Å². The first-order valence-corrected chi connectivity index (χ1v) is 8.05. The molecule has 120 valence electrons. The molecule has 1 heterocycles. The summed E-state index contributed by atoms with van der Waals surface area (Å²) in [5, 5.41) is 3.02. The Morgan fingerprint density at radius 3 is 2.43 bits per heavy atom. The van der Waals surface area contributed by atoms with Crippen molar-refractivity contribution in [1.29, 1.82) is 0 Å². The Balaban J connectivity index is 2.16. The number of carbonyl (C=O) groups excluding carboxylic acids is 2. The number of hydrogen-bond donors (Lipinski definition) is 1. The van der Waals surface area contributed by atoms with Crippen molar-refractivity contribution in [3.63, 3.8) is 0 Å². The lowest BCUT2D eigenvalue weighted by molar-refractivity contribution is -0.157. The van der Waals surface area contributed by atoms with Crippen LogP contribution >= 0.6 is 0 Å². The van der Waals surface area contributed by atoms with E-state index in [0.717, 1.165) is 25.8 Å². The molecule has 0 aromatic carbocycles. The zero-order valence-corrected chi connectivity index (χ0v) is 14.0. The minimum Gasteiger partial charge on any atom is -0.340 e. The maximum atomic E-state index is 13.0. The summed E-state index contributed by atoms with van der Waals surface area (Å²) in [4.78, 5) is 29.4. The van der Waals surface area contributed by atoms with E-state index in [1.54, 1.807) is 0 Å². The number of carbonyl (C=O) groups is 2. The van der Waals surface area contributed by atoms with Gasteiger partial charge < -0.3 is 15.1 Å². The Kier molecular flexibility index (Phi) is 4.61. The monoisotopic (exact) mass is 295 g/mol. The number of nitrogens with one attached hydrogen (secondary N) is 1. The van der Waals surface area contributed by atoms with Crippen molar-refractivity contribution in [2.75, 3.05) is 27.2 Å². The lowest BCUT2D eigenvalue weighted by Crippen LogP contribution is -2.71. The van der Waals surface area contributed by atoms with E-state index in [1.165, 1.54) is 0 Å². The summed E-state index contributed by atoms with van der Waals surface area (Å²) in [5.74, 6) is 0.585. The van der Waals surface area contributed by atoms with Crippen molar-refractivity contribution in [3.8, 4) is 0 Å². The highest BCUT2D eigenvalue weighted by Crippen LogP contribution is 2.42. The van der Waals surface area contributed by atoms with Gasteiger partial charge in [-0.15, -0.1) is 0 Å². The Morgan fingerprint density at radius 1 is 1.33 bits per heavy atom. The molecule has 2 aliphatic rings. The van der Waals surface area contributed by atoms with Crippen LogP contribution in [-0.2, 0) is 9.59 Å². The van der Waals surface area contributed by atoms with Gasteiger partial charge in [0.2, 0.25) is 11.8 Å². The fourth-order valence-electron chi connectivity index (χ4n) is 3.35. The van der Waals surface area contributed by atoms with Crippen LogP contribution in [0.5, 0.6) is 0 Å². The van der Waals surface area contributed by atoms with Crippen LogP contribution in [0.3, 0.4) is 0 Å². The molecule has 2 rings (SSSR count). The molecule has 0 aromatic rings. The first-order chi connectivity index (χ1) is 9.77. The van der Waals surface area contributed by atoms with Crippen molar-refractivity contribution >= 4 is 11.8 Å². The van der Waals surface area contributed by atoms with Crippen molar-refractivity contribution < 1.29 is 9.59 Å². The SMILES string of the molecule is CC(C)C1C(=O)NC(C)(C2CC2)C(=O)N1CCCN(C)C. The molecule has 5 heteroatoms. The Bertz CT molecular complexity index is 418. The molecule has 0 bridgehead atoms. The quantitative estimate of drug-likeness (QED) is 0.798. The van der Waals surface area contributed by atoms with Gasteiger partial charge in [0, 0.05) is 6.54 Å². The number of hydrogen-bond acceptors (Lipinski definition) is 3. The summed E-state index contributed by atoms with van der Waals surface area (Å²) in [6.45, 7) is 7.51. The smallest absolute Gasteiger partial charge is 0.249 e. The molecule has 2 atom stereocenters. The van der Waals surface area contributed by atoms with Crippen molar-refractivity contribution in [1.82, 2.24) is 15.1 Å². The van der Waals surface area contributed by atoms with Crippen LogP contribution in [0, 0.1) is 11.8 Å². The Morgan fingerprint density at radius 2 is 1.95 bits per heavy atom. The molecule has 1 saturated heterocycles. The standard InChI is InChI=1S/C16H29N3O2/c1-11(2)13-14(20)17-16(3,12-7-8-12)15(21)19(13)10-6-9-18(4)5/h11-13H,6-10H2,1-5H3,(H,17,20). The molecule has 0 radical (unpaired) electrons. The largest absolute Gasteiger partial charge is 0.340 e. The first-order valence-electron chi connectivity index (χ1n) is 8.05. The lowest BCUT2D eigenvalue weighted by Gasteiger charge is -2.46. The number of rotatable bonds is 6. The molecule has 1 N–H and O–H groups in total. The van der Waals surface area contributed by atoms with E-state index in [9.17, 15) is 9.59 Å². The molecule has 2 unspecified atom stereocenters. The first kappa shape index (κ1) is 16.3. The average molecular weight is 295 g/mol. The number of nitrogens with zero attached hydrogens (tertiary/aromatic N) is 2. The van der Waals surface area contributed by atoms with Gasteiger partial charge in [0.25, 0.3) is 0 Å². The van der Waals surface area contributed by atoms with E-state index in [2.05, 4.69) is 10.2 Å². The molecule has 2 fully saturated rings. The normalized spacial score (nSPS) is 30.2. The molecule has 0 aromatic heterocycles. The average Bonchev–Trinajstić information content (AvgIpc) is 3.18. The number of piperazine rings is 1. The highest BCUT2D eigenvalue weighted by molar-refractivity contribution is 6.00. The third kappa shape index (κ3) is 3.23.